The molecule has 2 saturated carbocycles. The van der Waals surface area contributed by atoms with E-state index < -0.39 is 5.79 Å². The van der Waals surface area contributed by atoms with Crippen molar-refractivity contribution in [2.45, 2.75) is 57.2 Å². The van der Waals surface area contributed by atoms with Gasteiger partial charge >= 0.3 is 0 Å². The second-order valence-electron chi connectivity index (χ2n) is 7.80. The Morgan fingerprint density at radius 2 is 2.09 bits per heavy atom. The van der Waals surface area contributed by atoms with Crippen molar-refractivity contribution in [2.75, 3.05) is 0 Å². The number of aromatic hydroxyl groups is 1. The predicted octanol–water partition coefficient (Wildman–Crippen LogP) is 3.54. The van der Waals surface area contributed by atoms with E-state index in [-0.39, 0.29) is 5.41 Å². The molecule has 2 fully saturated rings. The van der Waals surface area contributed by atoms with Gasteiger partial charge in [-0.15, -0.1) is 0 Å². The van der Waals surface area contributed by atoms with Crippen molar-refractivity contribution in [3.63, 3.8) is 0 Å². The minimum Gasteiger partial charge on any atom is -0.508 e. The van der Waals surface area contributed by atoms with Crippen molar-refractivity contribution >= 4 is 0 Å². The molecule has 122 valence electrons. The normalized spacial score (nSPS) is 41.3. The number of hydrogen-bond acceptors (Lipinski definition) is 3. The van der Waals surface area contributed by atoms with Gasteiger partial charge in [-0.2, -0.15) is 0 Å². The van der Waals surface area contributed by atoms with Gasteiger partial charge in [-0.05, 0) is 73.1 Å². The summed E-state index contributed by atoms with van der Waals surface area (Å²) in [5.74, 6) is 0.737. The van der Waals surface area contributed by atoms with Gasteiger partial charge in [0.25, 0.3) is 0 Å². The first-order valence-corrected chi connectivity index (χ1v) is 8.66. The molecule has 0 aromatic heterocycles. The fraction of sp³-hybridized carbons (Fsp3) is 0.600. The number of fused-ring (bicyclic) bond motifs is 5. The van der Waals surface area contributed by atoms with Crippen molar-refractivity contribution in [3.05, 3.63) is 29.3 Å². The topological polar surface area (TPSA) is 49.7 Å². The number of ether oxygens (including phenoxy) is 1. The van der Waals surface area contributed by atoms with Gasteiger partial charge in [-0.1, -0.05) is 19.4 Å². The quantitative estimate of drug-likeness (QED) is 0.616. The molecule has 0 spiro atoms. The molecule has 1 aromatic rings. The van der Waals surface area contributed by atoms with E-state index in [4.69, 9.17) is 11.2 Å². The molecule has 2 N–H and O–H groups in total. The van der Waals surface area contributed by atoms with Crippen LogP contribution in [-0.2, 0) is 11.2 Å². The van der Waals surface area contributed by atoms with E-state index in [9.17, 15) is 10.2 Å². The maximum Gasteiger partial charge on any atom is 0.224 e. The van der Waals surface area contributed by atoms with E-state index in [1.807, 2.05) is 12.1 Å². The van der Waals surface area contributed by atoms with Crippen molar-refractivity contribution in [2.24, 2.45) is 17.3 Å². The van der Waals surface area contributed by atoms with Gasteiger partial charge in [0.1, 0.15) is 11.9 Å². The molecule has 23 heavy (non-hydrogen) atoms. The highest BCUT2D eigenvalue weighted by molar-refractivity contribution is 5.40. The molecule has 4 rings (SSSR count). The summed E-state index contributed by atoms with van der Waals surface area (Å²) in [7, 11) is 0. The SMILES string of the molecule is C#CO[C@]1(O)CC[C@@H]2[C@H]3CCc4cc(O)ccc4[C@H]3CC[C@@]21C. The zero-order valence-electron chi connectivity index (χ0n) is 13.6. The van der Waals surface area contributed by atoms with Crippen LogP contribution in [0.5, 0.6) is 5.75 Å². The number of phenolic OH excluding ortho intramolecular Hbond substituents is 1. The van der Waals surface area contributed by atoms with Crippen LogP contribution in [0.4, 0.5) is 0 Å². The largest absolute Gasteiger partial charge is 0.508 e. The molecule has 0 unspecified atom stereocenters. The van der Waals surface area contributed by atoms with E-state index in [2.05, 4.69) is 19.1 Å². The summed E-state index contributed by atoms with van der Waals surface area (Å²) >= 11 is 0. The first-order chi connectivity index (χ1) is 11.0. The van der Waals surface area contributed by atoms with Crippen molar-refractivity contribution < 1.29 is 14.9 Å². The molecular formula is C20H24O3. The van der Waals surface area contributed by atoms with E-state index in [1.54, 1.807) is 0 Å². The van der Waals surface area contributed by atoms with E-state index in [0.717, 1.165) is 32.1 Å². The Bertz CT molecular complexity index is 676. The molecule has 0 aliphatic heterocycles. The monoisotopic (exact) mass is 312 g/mol. The van der Waals surface area contributed by atoms with Crippen molar-refractivity contribution in [1.29, 1.82) is 0 Å². The van der Waals surface area contributed by atoms with Crippen LogP contribution < -0.4 is 0 Å². The first-order valence-electron chi connectivity index (χ1n) is 8.66. The number of benzene rings is 1. The highest BCUT2D eigenvalue weighted by atomic mass is 16.6. The zero-order chi connectivity index (χ0) is 16.2. The Morgan fingerprint density at radius 3 is 2.87 bits per heavy atom. The minimum absolute atomic E-state index is 0.255. The van der Waals surface area contributed by atoms with Gasteiger partial charge in [0.05, 0.1) is 0 Å². The number of phenols is 1. The summed E-state index contributed by atoms with van der Waals surface area (Å²) in [6.07, 6.45) is 13.3. The summed E-state index contributed by atoms with van der Waals surface area (Å²) < 4.78 is 5.38. The summed E-state index contributed by atoms with van der Waals surface area (Å²) in [4.78, 5) is 0. The summed E-state index contributed by atoms with van der Waals surface area (Å²) in [5, 5.41) is 20.7. The van der Waals surface area contributed by atoms with Crippen LogP contribution in [0.3, 0.4) is 0 Å². The summed E-state index contributed by atoms with van der Waals surface area (Å²) in [6, 6.07) is 5.83. The molecule has 0 bridgehead atoms. The van der Waals surface area contributed by atoms with Gasteiger partial charge in [0.2, 0.25) is 5.79 Å². The van der Waals surface area contributed by atoms with E-state index >= 15 is 0 Å². The maximum atomic E-state index is 11.0. The lowest BCUT2D eigenvalue weighted by Crippen LogP contribution is -2.51. The first kappa shape index (κ1) is 14.9. The number of aryl methyl sites for hydroxylation is 1. The van der Waals surface area contributed by atoms with E-state index in [0.29, 0.717) is 29.9 Å². The lowest BCUT2D eigenvalue weighted by molar-refractivity contribution is -0.238. The van der Waals surface area contributed by atoms with Crippen LogP contribution >= 0.6 is 0 Å². The third-order valence-corrected chi connectivity index (χ3v) is 7.01. The molecule has 0 saturated heterocycles. The molecule has 0 amide bonds. The minimum atomic E-state index is -1.17. The third-order valence-electron chi connectivity index (χ3n) is 7.01. The molecule has 0 radical (unpaired) electrons. The van der Waals surface area contributed by atoms with Crippen LogP contribution in [0.15, 0.2) is 18.2 Å². The fourth-order valence-electron chi connectivity index (χ4n) is 5.81. The van der Waals surface area contributed by atoms with Crippen LogP contribution in [0, 0.1) is 29.8 Å². The van der Waals surface area contributed by atoms with Gasteiger partial charge in [0.15, 0.2) is 0 Å². The smallest absolute Gasteiger partial charge is 0.224 e. The summed E-state index contributed by atoms with van der Waals surface area (Å²) in [6.45, 7) is 2.16. The van der Waals surface area contributed by atoms with Crippen LogP contribution in [0.25, 0.3) is 0 Å². The van der Waals surface area contributed by atoms with Crippen molar-refractivity contribution in [3.8, 4) is 18.3 Å². The van der Waals surface area contributed by atoms with E-state index in [1.165, 1.54) is 11.1 Å². The molecule has 1 aromatic carbocycles. The Labute approximate surface area is 137 Å². The molecule has 5 atom stereocenters. The average molecular weight is 312 g/mol. The molecular weight excluding hydrogens is 288 g/mol. The van der Waals surface area contributed by atoms with Gasteiger partial charge in [-0.25, -0.2) is 0 Å². The lowest BCUT2D eigenvalue weighted by atomic mass is 9.55. The van der Waals surface area contributed by atoms with Crippen LogP contribution in [0.2, 0.25) is 0 Å². The third kappa shape index (κ3) is 1.94. The van der Waals surface area contributed by atoms with Gasteiger partial charge in [0, 0.05) is 11.8 Å². The highest BCUT2D eigenvalue weighted by Crippen LogP contribution is 2.64. The molecule has 3 aliphatic carbocycles. The Morgan fingerprint density at radius 1 is 1.26 bits per heavy atom. The molecule has 3 nitrogen and oxygen atoms in total. The molecule has 0 heterocycles. The zero-order valence-corrected chi connectivity index (χ0v) is 13.6. The predicted molar refractivity (Wildman–Crippen MR) is 87.6 cm³/mol. The second kappa shape index (κ2) is 4.92. The average Bonchev–Trinajstić information content (AvgIpc) is 2.79. The maximum absolute atomic E-state index is 11.0. The second-order valence-corrected chi connectivity index (χ2v) is 7.80. The highest BCUT2D eigenvalue weighted by Gasteiger charge is 2.63. The Balaban J connectivity index is 1.69. The Hall–Kier alpha value is -1.66. The summed E-state index contributed by atoms with van der Waals surface area (Å²) in [5.41, 5.74) is 2.44. The fourth-order valence-corrected chi connectivity index (χ4v) is 5.81. The van der Waals surface area contributed by atoms with Gasteiger partial charge in [-0.3, -0.25) is 0 Å². The number of terminal acetylenes is 1. The number of hydrogen-bond donors (Lipinski definition) is 2. The standard InChI is InChI=1S/C20H24O3/c1-3-23-20(22)11-9-18-17-6-4-13-12-14(21)5-7-15(13)16(17)8-10-19(18,20)2/h1,5,7,12,16-18,21-22H,4,6,8-11H2,2H3/t16-,17+,18-,19+,20-/m1/s1. The van der Waals surface area contributed by atoms with Crippen LogP contribution in [0.1, 0.15) is 56.1 Å². The van der Waals surface area contributed by atoms with Crippen molar-refractivity contribution in [1.82, 2.24) is 0 Å². The number of rotatable bonds is 1. The number of aliphatic hydroxyl groups is 1. The van der Waals surface area contributed by atoms with Crippen LogP contribution in [-0.4, -0.2) is 16.0 Å². The lowest BCUT2D eigenvalue weighted by Gasteiger charge is -2.52. The van der Waals surface area contributed by atoms with Gasteiger partial charge < -0.3 is 14.9 Å². The Kier molecular flexibility index (Phi) is 3.19. The molecule has 3 heteroatoms. The molecule has 3 aliphatic rings.